The van der Waals surface area contributed by atoms with E-state index in [1.807, 2.05) is 11.3 Å². The van der Waals surface area contributed by atoms with Gasteiger partial charge in [-0.1, -0.05) is 146 Å². The van der Waals surface area contributed by atoms with Gasteiger partial charge in [-0.05, 0) is 108 Å². The van der Waals surface area contributed by atoms with Gasteiger partial charge in [0.1, 0.15) is 0 Å². The Bertz CT molecular complexity index is 3800. The molecule has 3 aromatic heterocycles. The van der Waals surface area contributed by atoms with Gasteiger partial charge in [0, 0.05) is 75.7 Å². The van der Waals surface area contributed by atoms with Gasteiger partial charge in [0.05, 0.1) is 22.1 Å². The van der Waals surface area contributed by atoms with Crippen LogP contribution in [0.4, 0.5) is 17.1 Å². The zero-order valence-corrected chi connectivity index (χ0v) is 35.6. The van der Waals surface area contributed by atoms with Crippen molar-refractivity contribution in [2.24, 2.45) is 0 Å². The monoisotopic (exact) mass is 833 g/mol. The van der Waals surface area contributed by atoms with E-state index < -0.39 is 0 Å². The molecule has 13 aromatic rings. The van der Waals surface area contributed by atoms with Crippen molar-refractivity contribution in [3.8, 4) is 33.6 Å². The molecule has 0 fully saturated rings. The van der Waals surface area contributed by atoms with Gasteiger partial charge in [0.25, 0.3) is 0 Å². The summed E-state index contributed by atoms with van der Waals surface area (Å²) in [6, 6.07) is 86.4. The molecule has 10 aromatic carbocycles. The van der Waals surface area contributed by atoms with Gasteiger partial charge < -0.3 is 14.0 Å². The molecule has 0 unspecified atom stereocenters. The normalized spacial score (nSPS) is 11.8. The van der Waals surface area contributed by atoms with Gasteiger partial charge in [0.15, 0.2) is 0 Å². The Hall–Kier alpha value is -8.18. The van der Waals surface area contributed by atoms with E-state index in [1.165, 1.54) is 80.6 Å². The maximum atomic E-state index is 2.44. The van der Waals surface area contributed by atoms with Crippen molar-refractivity contribution >= 4 is 92.2 Å². The molecule has 0 aliphatic carbocycles. The van der Waals surface area contributed by atoms with Gasteiger partial charge in [-0.25, -0.2) is 0 Å². The van der Waals surface area contributed by atoms with Crippen LogP contribution in [0.25, 0.3) is 97.4 Å². The van der Waals surface area contributed by atoms with Crippen LogP contribution >= 0.6 is 11.3 Å². The average molecular weight is 834 g/mol. The smallest absolute Gasteiger partial charge is 0.0619 e. The summed E-state index contributed by atoms with van der Waals surface area (Å²) >= 11 is 1.87. The van der Waals surface area contributed by atoms with E-state index in [0.717, 1.165) is 33.9 Å². The first-order valence-corrected chi connectivity index (χ1v) is 22.7. The molecule has 64 heavy (non-hydrogen) atoms. The van der Waals surface area contributed by atoms with Crippen LogP contribution in [-0.2, 0) is 0 Å². The first kappa shape index (κ1) is 36.5. The van der Waals surface area contributed by atoms with E-state index in [2.05, 4.69) is 251 Å². The number of hydrogen-bond donors (Lipinski definition) is 0. The van der Waals surface area contributed by atoms with Crippen LogP contribution in [0.15, 0.2) is 237 Å². The lowest BCUT2D eigenvalue weighted by molar-refractivity contribution is 1.18. The van der Waals surface area contributed by atoms with Gasteiger partial charge in [0.2, 0.25) is 0 Å². The molecule has 0 saturated heterocycles. The summed E-state index contributed by atoms with van der Waals surface area (Å²) in [5, 5.41) is 7.59. The molecule has 3 heterocycles. The number of rotatable bonds is 7. The quantitative estimate of drug-likeness (QED) is 0.156. The molecule has 0 spiro atoms. The third kappa shape index (κ3) is 5.81. The Morgan fingerprint density at radius 2 is 0.812 bits per heavy atom. The Labute approximate surface area is 374 Å². The summed E-state index contributed by atoms with van der Waals surface area (Å²) in [6.07, 6.45) is 0. The van der Waals surface area contributed by atoms with Crippen molar-refractivity contribution in [1.29, 1.82) is 0 Å². The molecule has 0 aliphatic heterocycles. The molecule has 0 amide bonds. The number of benzene rings is 10. The van der Waals surface area contributed by atoms with Gasteiger partial charge >= 0.3 is 0 Å². The Balaban J connectivity index is 1.03. The first-order chi connectivity index (χ1) is 31.7. The predicted octanol–water partition coefficient (Wildman–Crippen LogP) is 17.1. The molecule has 300 valence electrons. The molecule has 13 rings (SSSR count). The number of aromatic nitrogens is 2. The predicted molar refractivity (Wildman–Crippen MR) is 274 cm³/mol. The lowest BCUT2D eigenvalue weighted by atomic mass is 9.95. The van der Waals surface area contributed by atoms with Gasteiger partial charge in [-0.2, -0.15) is 0 Å². The van der Waals surface area contributed by atoms with Crippen molar-refractivity contribution in [2.75, 3.05) is 4.90 Å². The molecule has 0 radical (unpaired) electrons. The van der Waals surface area contributed by atoms with Crippen LogP contribution in [-0.4, -0.2) is 9.13 Å². The summed E-state index contributed by atoms with van der Waals surface area (Å²) in [7, 11) is 0. The van der Waals surface area contributed by atoms with E-state index in [4.69, 9.17) is 0 Å². The fraction of sp³-hybridized carbons (Fsp3) is 0. The number of para-hydroxylation sites is 7. The highest BCUT2D eigenvalue weighted by Crippen LogP contribution is 2.45. The van der Waals surface area contributed by atoms with E-state index in [0.29, 0.717) is 0 Å². The molecule has 0 saturated carbocycles. The molecule has 0 atom stereocenters. The third-order valence-corrected chi connectivity index (χ3v) is 14.0. The average Bonchev–Trinajstić information content (AvgIpc) is 4.02. The third-order valence-electron chi connectivity index (χ3n) is 12.9. The lowest BCUT2D eigenvalue weighted by Gasteiger charge is -2.27. The van der Waals surface area contributed by atoms with E-state index >= 15 is 0 Å². The van der Waals surface area contributed by atoms with Crippen molar-refractivity contribution in [3.63, 3.8) is 0 Å². The molecule has 0 aliphatic rings. The van der Waals surface area contributed by atoms with E-state index in [-0.39, 0.29) is 0 Å². The summed E-state index contributed by atoms with van der Waals surface area (Å²) in [5.74, 6) is 0. The summed E-state index contributed by atoms with van der Waals surface area (Å²) in [6.45, 7) is 0. The van der Waals surface area contributed by atoms with Crippen molar-refractivity contribution in [1.82, 2.24) is 9.13 Å². The minimum atomic E-state index is 1.09. The number of hydrogen-bond acceptors (Lipinski definition) is 2. The highest BCUT2D eigenvalue weighted by molar-refractivity contribution is 7.25. The van der Waals surface area contributed by atoms with Crippen LogP contribution in [0.2, 0.25) is 0 Å². The molecule has 3 nitrogen and oxygen atoms in total. The van der Waals surface area contributed by atoms with E-state index in [9.17, 15) is 0 Å². The van der Waals surface area contributed by atoms with Crippen molar-refractivity contribution in [2.45, 2.75) is 0 Å². The second-order valence-electron chi connectivity index (χ2n) is 16.5. The zero-order valence-electron chi connectivity index (χ0n) is 34.8. The minimum absolute atomic E-state index is 1.09. The standard InChI is InChI=1S/C60H39N3S/c1-4-17-43(18-5-1)61(44-19-6-2-7-20-44)47-36-41(35-42(37-47)48-26-16-27-54-51-25-12-15-30-57(51)63(60(48)54)45-21-8-3-9-22-45)40-31-33-52-53-34-32-46(39-59(53)64-58(52)38-40)62-55-28-13-10-23-49(55)50-24-11-14-29-56(50)62/h1-39H. The first-order valence-electron chi connectivity index (χ1n) is 21.8. The van der Waals surface area contributed by atoms with Crippen molar-refractivity contribution in [3.05, 3.63) is 237 Å². The Morgan fingerprint density at radius 3 is 1.47 bits per heavy atom. The lowest BCUT2D eigenvalue weighted by Crippen LogP contribution is -2.10. The summed E-state index contributed by atoms with van der Waals surface area (Å²) in [5.41, 5.74) is 15.1. The van der Waals surface area contributed by atoms with Gasteiger partial charge in [-0.3, -0.25) is 0 Å². The SMILES string of the molecule is c1ccc(N(c2ccccc2)c2cc(-c3ccc4c(c3)sc3cc(-n5c6ccccc6c6ccccc65)ccc34)cc(-c3cccc4c5ccccc5n(-c5ccccc5)c34)c2)cc1. The maximum Gasteiger partial charge on any atom is 0.0619 e. The second kappa shape index (κ2) is 14.7. The number of fused-ring (bicyclic) bond motifs is 9. The Kier molecular flexibility index (Phi) is 8.40. The van der Waals surface area contributed by atoms with Crippen LogP contribution < -0.4 is 4.90 Å². The maximum absolute atomic E-state index is 2.44. The number of thiophene rings is 1. The molecular weight excluding hydrogens is 795 g/mol. The second-order valence-corrected chi connectivity index (χ2v) is 17.6. The number of anilines is 3. The van der Waals surface area contributed by atoms with Crippen LogP contribution in [0.1, 0.15) is 0 Å². The van der Waals surface area contributed by atoms with Crippen LogP contribution in [0.3, 0.4) is 0 Å². The van der Waals surface area contributed by atoms with Crippen LogP contribution in [0.5, 0.6) is 0 Å². The topological polar surface area (TPSA) is 13.1 Å². The minimum Gasteiger partial charge on any atom is -0.310 e. The van der Waals surface area contributed by atoms with Gasteiger partial charge in [-0.15, -0.1) is 11.3 Å². The highest BCUT2D eigenvalue weighted by Gasteiger charge is 2.21. The summed E-state index contributed by atoms with van der Waals surface area (Å²) < 4.78 is 7.40. The Morgan fingerprint density at radius 1 is 0.297 bits per heavy atom. The molecule has 0 N–H and O–H groups in total. The summed E-state index contributed by atoms with van der Waals surface area (Å²) in [4.78, 5) is 2.38. The molecular formula is C60H39N3S. The van der Waals surface area contributed by atoms with E-state index in [1.54, 1.807) is 0 Å². The number of nitrogens with zero attached hydrogens (tertiary/aromatic N) is 3. The molecule has 0 bridgehead atoms. The fourth-order valence-electron chi connectivity index (χ4n) is 10.0. The van der Waals surface area contributed by atoms with Crippen molar-refractivity contribution < 1.29 is 0 Å². The zero-order chi connectivity index (χ0) is 42.1. The molecule has 4 heteroatoms. The fourth-order valence-corrected chi connectivity index (χ4v) is 11.2. The largest absolute Gasteiger partial charge is 0.310 e. The van der Waals surface area contributed by atoms with Crippen LogP contribution in [0, 0.1) is 0 Å². The highest BCUT2D eigenvalue weighted by atomic mass is 32.1.